The van der Waals surface area contributed by atoms with E-state index in [9.17, 15) is 9.50 Å². The van der Waals surface area contributed by atoms with Crippen molar-refractivity contribution in [3.05, 3.63) is 64.2 Å². The van der Waals surface area contributed by atoms with Crippen molar-refractivity contribution in [3.8, 4) is 0 Å². The lowest BCUT2D eigenvalue weighted by Gasteiger charge is -2.14. The van der Waals surface area contributed by atoms with Crippen LogP contribution in [0.2, 0.25) is 5.02 Å². The van der Waals surface area contributed by atoms with Crippen LogP contribution in [-0.2, 0) is 0 Å². The fourth-order valence-corrected chi connectivity index (χ4v) is 1.95. The van der Waals surface area contributed by atoms with Gasteiger partial charge in [0.15, 0.2) is 0 Å². The highest BCUT2D eigenvalue weighted by molar-refractivity contribution is 6.30. The lowest BCUT2D eigenvalue weighted by molar-refractivity contribution is 0.214. The molecule has 1 unspecified atom stereocenters. The molecule has 0 spiro atoms. The molecule has 1 atom stereocenters. The molecule has 0 radical (unpaired) electrons. The predicted octanol–water partition coefficient (Wildman–Crippen LogP) is 3.26. The molecule has 1 N–H and O–H groups in total. The summed E-state index contributed by atoms with van der Waals surface area (Å²) >= 11 is 5.83. The van der Waals surface area contributed by atoms with Gasteiger partial charge in [-0.2, -0.15) is 0 Å². The average Bonchev–Trinajstić information content (AvgIpc) is 2.29. The molecular formula is C13H11ClFNO. The van der Waals surface area contributed by atoms with Crippen LogP contribution in [-0.4, -0.2) is 10.1 Å². The summed E-state index contributed by atoms with van der Waals surface area (Å²) in [5.74, 6) is -0.519. The topological polar surface area (TPSA) is 33.1 Å². The van der Waals surface area contributed by atoms with Crippen LogP contribution in [0.4, 0.5) is 4.39 Å². The summed E-state index contributed by atoms with van der Waals surface area (Å²) in [7, 11) is 0. The van der Waals surface area contributed by atoms with Crippen LogP contribution in [0.1, 0.15) is 22.8 Å². The minimum absolute atomic E-state index is 0.213. The van der Waals surface area contributed by atoms with Crippen LogP contribution >= 0.6 is 11.6 Å². The number of aliphatic hydroxyl groups excluding tert-OH is 1. The highest BCUT2D eigenvalue weighted by Gasteiger charge is 2.16. The molecule has 88 valence electrons. The van der Waals surface area contributed by atoms with E-state index in [0.717, 1.165) is 11.8 Å². The molecule has 0 aliphatic heterocycles. The lowest BCUT2D eigenvalue weighted by atomic mass is 9.98. The van der Waals surface area contributed by atoms with Gasteiger partial charge in [-0.3, -0.25) is 4.98 Å². The predicted molar refractivity (Wildman–Crippen MR) is 64.4 cm³/mol. The number of aliphatic hydroxyl groups is 1. The van der Waals surface area contributed by atoms with E-state index in [2.05, 4.69) is 4.98 Å². The zero-order valence-corrected chi connectivity index (χ0v) is 9.95. The minimum Gasteiger partial charge on any atom is -0.384 e. The first-order valence-electron chi connectivity index (χ1n) is 5.13. The van der Waals surface area contributed by atoms with Crippen molar-refractivity contribution in [1.82, 2.24) is 4.98 Å². The van der Waals surface area contributed by atoms with E-state index in [-0.39, 0.29) is 5.56 Å². The quantitative estimate of drug-likeness (QED) is 0.889. The summed E-state index contributed by atoms with van der Waals surface area (Å²) in [6, 6.07) is 6.57. The summed E-state index contributed by atoms with van der Waals surface area (Å²) in [5.41, 5.74) is 1.67. The van der Waals surface area contributed by atoms with Crippen LogP contribution in [0, 0.1) is 12.7 Å². The van der Waals surface area contributed by atoms with Crippen molar-refractivity contribution in [2.45, 2.75) is 13.0 Å². The molecule has 1 heterocycles. The average molecular weight is 252 g/mol. The Hall–Kier alpha value is -1.45. The first-order chi connectivity index (χ1) is 8.09. The highest BCUT2D eigenvalue weighted by atomic mass is 35.5. The van der Waals surface area contributed by atoms with Crippen LogP contribution in [0.25, 0.3) is 0 Å². The minimum atomic E-state index is -1.00. The Kier molecular flexibility index (Phi) is 3.41. The smallest absolute Gasteiger partial charge is 0.147 e. The number of nitrogens with zero attached hydrogens (tertiary/aromatic N) is 1. The monoisotopic (exact) mass is 251 g/mol. The van der Waals surface area contributed by atoms with Crippen LogP contribution < -0.4 is 0 Å². The molecule has 2 rings (SSSR count). The van der Waals surface area contributed by atoms with Gasteiger partial charge in [-0.25, -0.2) is 4.39 Å². The van der Waals surface area contributed by atoms with Gasteiger partial charge in [0.05, 0.1) is 6.20 Å². The molecular weight excluding hydrogens is 241 g/mol. The third-order valence-electron chi connectivity index (χ3n) is 2.62. The first kappa shape index (κ1) is 12.0. The van der Waals surface area contributed by atoms with Crippen molar-refractivity contribution in [1.29, 1.82) is 0 Å². The summed E-state index contributed by atoms with van der Waals surface area (Å²) in [5, 5.41) is 10.7. The molecule has 2 aromatic rings. The molecule has 1 aromatic heterocycles. The zero-order valence-electron chi connectivity index (χ0n) is 9.19. The Labute approximate surface area is 104 Å². The molecule has 0 aliphatic carbocycles. The molecule has 0 bridgehead atoms. The fraction of sp³-hybridized carbons (Fsp3) is 0.154. The van der Waals surface area contributed by atoms with E-state index < -0.39 is 11.9 Å². The van der Waals surface area contributed by atoms with Crippen molar-refractivity contribution in [2.75, 3.05) is 0 Å². The van der Waals surface area contributed by atoms with E-state index in [1.807, 2.05) is 6.92 Å². The van der Waals surface area contributed by atoms with Gasteiger partial charge in [0.2, 0.25) is 0 Å². The van der Waals surface area contributed by atoms with Crippen molar-refractivity contribution >= 4 is 11.6 Å². The second-order valence-electron chi connectivity index (χ2n) is 3.80. The Morgan fingerprint density at radius 1 is 1.29 bits per heavy atom. The standard InChI is InChI=1S/C13H11ClFNO/c1-8-6-9(14)2-3-10(8)13(17)11-4-5-16-7-12(11)15/h2-7,13,17H,1H3. The zero-order chi connectivity index (χ0) is 12.4. The number of benzene rings is 1. The van der Waals surface area contributed by atoms with Gasteiger partial charge in [0.25, 0.3) is 0 Å². The molecule has 1 aromatic carbocycles. The summed E-state index contributed by atoms with van der Waals surface area (Å²) in [6.45, 7) is 1.82. The Balaban J connectivity index is 2.44. The van der Waals surface area contributed by atoms with Gasteiger partial charge in [-0.1, -0.05) is 17.7 Å². The summed E-state index contributed by atoms with van der Waals surface area (Å²) in [4.78, 5) is 3.65. The number of hydrogen-bond donors (Lipinski definition) is 1. The van der Waals surface area contributed by atoms with Crippen molar-refractivity contribution < 1.29 is 9.50 Å². The number of halogens is 2. The van der Waals surface area contributed by atoms with E-state index in [1.54, 1.807) is 18.2 Å². The number of hydrogen-bond acceptors (Lipinski definition) is 2. The molecule has 17 heavy (non-hydrogen) atoms. The Bertz CT molecular complexity index is 545. The Morgan fingerprint density at radius 2 is 2.06 bits per heavy atom. The van der Waals surface area contributed by atoms with Gasteiger partial charge in [0, 0.05) is 16.8 Å². The first-order valence-corrected chi connectivity index (χ1v) is 5.51. The number of pyridine rings is 1. The van der Waals surface area contributed by atoms with Gasteiger partial charge in [-0.15, -0.1) is 0 Å². The molecule has 0 saturated carbocycles. The molecule has 0 aliphatic rings. The van der Waals surface area contributed by atoms with Gasteiger partial charge in [0.1, 0.15) is 11.9 Å². The van der Waals surface area contributed by atoms with Gasteiger partial charge >= 0.3 is 0 Å². The normalized spacial score (nSPS) is 12.5. The van der Waals surface area contributed by atoms with E-state index >= 15 is 0 Å². The number of rotatable bonds is 2. The highest BCUT2D eigenvalue weighted by Crippen LogP contribution is 2.27. The maximum Gasteiger partial charge on any atom is 0.147 e. The fourth-order valence-electron chi connectivity index (χ4n) is 1.72. The van der Waals surface area contributed by atoms with Crippen molar-refractivity contribution in [2.24, 2.45) is 0 Å². The number of aryl methyl sites for hydroxylation is 1. The molecule has 0 amide bonds. The summed E-state index contributed by atoms with van der Waals surface area (Å²) < 4.78 is 13.5. The lowest BCUT2D eigenvalue weighted by Crippen LogP contribution is -2.04. The molecule has 0 fully saturated rings. The van der Waals surface area contributed by atoms with Crippen molar-refractivity contribution in [3.63, 3.8) is 0 Å². The van der Waals surface area contributed by atoms with Crippen LogP contribution in [0.5, 0.6) is 0 Å². The Morgan fingerprint density at radius 3 is 2.71 bits per heavy atom. The summed E-state index contributed by atoms with van der Waals surface area (Å²) in [6.07, 6.45) is 1.53. The largest absolute Gasteiger partial charge is 0.384 e. The second kappa shape index (κ2) is 4.82. The molecule has 0 saturated heterocycles. The van der Waals surface area contributed by atoms with Gasteiger partial charge in [-0.05, 0) is 36.2 Å². The molecule has 2 nitrogen and oxygen atoms in total. The van der Waals surface area contributed by atoms with Crippen LogP contribution in [0.15, 0.2) is 36.7 Å². The maximum atomic E-state index is 13.5. The third-order valence-corrected chi connectivity index (χ3v) is 2.86. The SMILES string of the molecule is Cc1cc(Cl)ccc1C(O)c1ccncc1F. The van der Waals surface area contributed by atoms with Crippen LogP contribution in [0.3, 0.4) is 0 Å². The van der Waals surface area contributed by atoms with Gasteiger partial charge < -0.3 is 5.11 Å². The number of aromatic nitrogens is 1. The second-order valence-corrected chi connectivity index (χ2v) is 4.24. The van der Waals surface area contributed by atoms with E-state index in [1.165, 1.54) is 12.3 Å². The maximum absolute atomic E-state index is 13.5. The third kappa shape index (κ3) is 2.46. The van der Waals surface area contributed by atoms with E-state index in [0.29, 0.717) is 10.6 Å². The van der Waals surface area contributed by atoms with E-state index in [4.69, 9.17) is 11.6 Å². The molecule has 4 heteroatoms.